The molecule has 1 aliphatic carbocycles. The Morgan fingerprint density at radius 2 is 2.04 bits per heavy atom. The molecule has 0 bridgehead atoms. The summed E-state index contributed by atoms with van der Waals surface area (Å²) in [7, 11) is 0. The number of hydrogen-bond donors (Lipinski definition) is 0. The van der Waals surface area contributed by atoms with Crippen molar-refractivity contribution in [2.45, 2.75) is 19.3 Å². The molecular formula is C19H18ClN3O3. The molecule has 7 heteroatoms. The Labute approximate surface area is 155 Å². The predicted molar refractivity (Wildman–Crippen MR) is 98.2 cm³/mol. The molecule has 2 heterocycles. The highest BCUT2D eigenvalue weighted by atomic mass is 35.5. The number of rotatable bonds is 4. The quantitative estimate of drug-likeness (QED) is 0.824. The summed E-state index contributed by atoms with van der Waals surface area (Å²) in [5.74, 6) is -0.382. The molecule has 1 aliphatic heterocycles. The van der Waals surface area contributed by atoms with Crippen molar-refractivity contribution in [3.8, 4) is 11.5 Å². The number of carbonyl (C=O) groups is 2. The molecule has 26 heavy (non-hydrogen) atoms. The van der Waals surface area contributed by atoms with E-state index in [1.54, 1.807) is 24.3 Å². The number of ketones is 2. The van der Waals surface area contributed by atoms with Crippen LogP contribution >= 0.6 is 11.6 Å². The second-order valence-electron chi connectivity index (χ2n) is 6.51. The summed E-state index contributed by atoms with van der Waals surface area (Å²) in [4.78, 5) is 35.9. The Balaban J connectivity index is 1.56. The van der Waals surface area contributed by atoms with Gasteiger partial charge in [-0.2, -0.15) is 0 Å². The van der Waals surface area contributed by atoms with Gasteiger partial charge in [-0.05, 0) is 44.1 Å². The number of likely N-dealkylation sites (tertiary alicyclic amines) is 1. The predicted octanol–water partition coefficient (Wildman–Crippen LogP) is 3.30. The average Bonchev–Trinajstić information content (AvgIpc) is 3.29. The Morgan fingerprint density at radius 3 is 2.81 bits per heavy atom. The van der Waals surface area contributed by atoms with Gasteiger partial charge in [0.1, 0.15) is 0 Å². The average molecular weight is 372 g/mol. The summed E-state index contributed by atoms with van der Waals surface area (Å²) in [6.07, 6.45) is 2.40. The van der Waals surface area contributed by atoms with Crippen LogP contribution in [0.2, 0.25) is 5.02 Å². The molecule has 0 N–H and O–H groups in total. The zero-order chi connectivity index (χ0) is 18.1. The molecule has 0 spiro atoms. The second kappa shape index (κ2) is 7.13. The SMILES string of the molecule is O=C1CC(=NCCN2CCCC2)C(=O)c2oc(-c3cccc(Cl)c3)nc21. The lowest BCUT2D eigenvalue weighted by atomic mass is 9.97. The van der Waals surface area contributed by atoms with Crippen LogP contribution in [0.25, 0.3) is 11.5 Å². The van der Waals surface area contributed by atoms with Crippen molar-refractivity contribution in [2.24, 2.45) is 4.99 Å². The van der Waals surface area contributed by atoms with E-state index in [1.807, 2.05) is 0 Å². The van der Waals surface area contributed by atoms with Gasteiger partial charge < -0.3 is 9.32 Å². The van der Waals surface area contributed by atoms with Crippen LogP contribution < -0.4 is 0 Å². The highest BCUT2D eigenvalue weighted by Gasteiger charge is 2.35. The maximum atomic E-state index is 12.6. The molecule has 2 aromatic rings. The highest BCUT2D eigenvalue weighted by Crippen LogP contribution is 2.28. The molecule has 0 saturated carbocycles. The summed E-state index contributed by atoms with van der Waals surface area (Å²) in [6, 6.07) is 6.94. The molecule has 4 rings (SSSR count). The van der Waals surface area contributed by atoms with E-state index in [-0.39, 0.29) is 41.0 Å². The normalized spacial score (nSPS) is 19.3. The van der Waals surface area contributed by atoms with Gasteiger partial charge in [-0.3, -0.25) is 14.6 Å². The number of fused-ring (bicyclic) bond motifs is 1. The fourth-order valence-corrected chi connectivity index (χ4v) is 3.51. The molecule has 134 valence electrons. The summed E-state index contributed by atoms with van der Waals surface area (Å²) in [5.41, 5.74) is 0.971. The van der Waals surface area contributed by atoms with E-state index in [9.17, 15) is 9.59 Å². The molecule has 1 fully saturated rings. The van der Waals surface area contributed by atoms with Crippen molar-refractivity contribution < 1.29 is 14.0 Å². The number of halogens is 1. The van der Waals surface area contributed by atoms with E-state index >= 15 is 0 Å². The second-order valence-corrected chi connectivity index (χ2v) is 6.95. The number of aromatic nitrogens is 1. The fourth-order valence-electron chi connectivity index (χ4n) is 3.32. The highest BCUT2D eigenvalue weighted by molar-refractivity contribution is 6.51. The van der Waals surface area contributed by atoms with Crippen molar-refractivity contribution in [1.82, 2.24) is 9.88 Å². The van der Waals surface area contributed by atoms with Crippen LogP contribution in [0.15, 0.2) is 33.7 Å². The molecule has 1 aromatic carbocycles. The molecule has 0 atom stereocenters. The minimum absolute atomic E-state index is 0.0175. The third-order valence-corrected chi connectivity index (χ3v) is 4.91. The summed E-state index contributed by atoms with van der Waals surface area (Å²) >= 11 is 5.99. The summed E-state index contributed by atoms with van der Waals surface area (Å²) in [5, 5.41) is 0.528. The van der Waals surface area contributed by atoms with E-state index in [4.69, 9.17) is 16.0 Å². The van der Waals surface area contributed by atoms with Gasteiger partial charge in [-0.25, -0.2) is 4.98 Å². The lowest BCUT2D eigenvalue weighted by molar-refractivity contribution is 0.0949. The van der Waals surface area contributed by atoms with Crippen molar-refractivity contribution in [2.75, 3.05) is 26.2 Å². The van der Waals surface area contributed by atoms with Crippen LogP contribution in [0.1, 0.15) is 40.3 Å². The van der Waals surface area contributed by atoms with Gasteiger partial charge in [-0.1, -0.05) is 17.7 Å². The Bertz CT molecular complexity index is 897. The first-order valence-corrected chi connectivity index (χ1v) is 9.10. The summed E-state index contributed by atoms with van der Waals surface area (Å²) < 4.78 is 5.61. The van der Waals surface area contributed by atoms with E-state index in [0.717, 1.165) is 19.6 Å². The van der Waals surface area contributed by atoms with Gasteiger partial charge >= 0.3 is 0 Å². The van der Waals surface area contributed by atoms with Crippen LogP contribution in [0.4, 0.5) is 0 Å². The molecule has 2 aliphatic rings. The van der Waals surface area contributed by atoms with Gasteiger partial charge in [0.05, 0.1) is 18.7 Å². The number of aliphatic imine (C=N–C) groups is 1. The number of nitrogens with zero attached hydrogens (tertiary/aromatic N) is 3. The molecular weight excluding hydrogens is 354 g/mol. The minimum Gasteiger partial charge on any atom is -0.432 e. The van der Waals surface area contributed by atoms with Crippen LogP contribution in [0, 0.1) is 0 Å². The van der Waals surface area contributed by atoms with Crippen molar-refractivity contribution in [3.63, 3.8) is 0 Å². The van der Waals surface area contributed by atoms with Crippen molar-refractivity contribution in [3.05, 3.63) is 40.7 Å². The van der Waals surface area contributed by atoms with Crippen molar-refractivity contribution in [1.29, 1.82) is 0 Å². The maximum Gasteiger partial charge on any atom is 0.244 e. The Hall–Kier alpha value is -2.31. The number of oxazole rings is 1. The van der Waals surface area contributed by atoms with E-state index in [2.05, 4.69) is 14.9 Å². The van der Waals surface area contributed by atoms with Crippen LogP contribution in [0.3, 0.4) is 0 Å². The zero-order valence-electron chi connectivity index (χ0n) is 14.2. The van der Waals surface area contributed by atoms with Gasteiger partial charge in [0.2, 0.25) is 17.4 Å². The van der Waals surface area contributed by atoms with E-state index < -0.39 is 0 Å². The lowest BCUT2D eigenvalue weighted by Crippen LogP contribution is -2.28. The molecule has 0 unspecified atom stereocenters. The first-order valence-electron chi connectivity index (χ1n) is 8.72. The standard InChI is InChI=1S/C19H18ClN3O3/c20-13-5-3-4-12(10-13)19-22-16-15(24)11-14(17(25)18(16)26-19)21-6-9-23-7-1-2-8-23/h3-5,10H,1-2,6-9,11H2. The van der Waals surface area contributed by atoms with Crippen LogP contribution in [0.5, 0.6) is 0 Å². The van der Waals surface area contributed by atoms with Gasteiger partial charge in [0.15, 0.2) is 11.5 Å². The van der Waals surface area contributed by atoms with E-state index in [0.29, 0.717) is 17.1 Å². The third-order valence-electron chi connectivity index (χ3n) is 4.68. The van der Waals surface area contributed by atoms with Crippen molar-refractivity contribution >= 4 is 28.9 Å². The largest absolute Gasteiger partial charge is 0.432 e. The first-order chi connectivity index (χ1) is 12.6. The number of benzene rings is 1. The molecule has 1 saturated heterocycles. The summed E-state index contributed by atoms with van der Waals surface area (Å²) in [6.45, 7) is 3.47. The Morgan fingerprint density at radius 1 is 1.23 bits per heavy atom. The third kappa shape index (κ3) is 3.34. The monoisotopic (exact) mass is 371 g/mol. The fraction of sp³-hybridized carbons (Fsp3) is 0.368. The number of carbonyl (C=O) groups excluding carboxylic acids is 2. The Kier molecular flexibility index (Phi) is 4.70. The topological polar surface area (TPSA) is 75.8 Å². The molecule has 1 aromatic heterocycles. The molecule has 0 radical (unpaired) electrons. The van der Waals surface area contributed by atoms with Crippen LogP contribution in [-0.2, 0) is 0 Å². The van der Waals surface area contributed by atoms with Gasteiger partial charge in [0, 0.05) is 17.1 Å². The maximum absolute atomic E-state index is 12.6. The smallest absolute Gasteiger partial charge is 0.244 e. The van der Waals surface area contributed by atoms with Gasteiger partial charge in [-0.15, -0.1) is 0 Å². The molecule has 0 amide bonds. The number of hydrogen-bond acceptors (Lipinski definition) is 6. The first kappa shape index (κ1) is 17.1. The minimum atomic E-state index is -0.346. The molecule has 6 nitrogen and oxygen atoms in total. The van der Waals surface area contributed by atoms with Gasteiger partial charge in [0.25, 0.3) is 0 Å². The zero-order valence-corrected chi connectivity index (χ0v) is 15.0. The van der Waals surface area contributed by atoms with Crippen LogP contribution in [-0.4, -0.2) is 53.3 Å². The lowest BCUT2D eigenvalue weighted by Gasteiger charge is -2.13. The van der Waals surface area contributed by atoms with E-state index in [1.165, 1.54) is 12.8 Å². The number of Topliss-reactive ketones (excluding diaryl/α,β-unsaturated/α-hetero) is 2.